The van der Waals surface area contributed by atoms with Crippen LogP contribution in [0.3, 0.4) is 0 Å². The van der Waals surface area contributed by atoms with Gasteiger partial charge in [-0.25, -0.2) is 0 Å². The van der Waals surface area contributed by atoms with Gasteiger partial charge in [0.25, 0.3) is 10.2 Å². The molecule has 1 fully saturated rings. The molecule has 8 nitrogen and oxygen atoms in total. The van der Waals surface area contributed by atoms with Crippen molar-refractivity contribution in [2.24, 2.45) is 0 Å². The van der Waals surface area contributed by atoms with Crippen LogP contribution in [0.15, 0.2) is 0 Å². The lowest BCUT2D eigenvalue weighted by Crippen LogP contribution is -2.53. The Bertz CT molecular complexity index is 469. The number of nitrogens with zero attached hydrogens (tertiary/aromatic N) is 3. The minimum Gasteiger partial charge on any atom is -0.481 e. The van der Waals surface area contributed by atoms with Gasteiger partial charge in [0.1, 0.15) is 0 Å². The summed E-state index contributed by atoms with van der Waals surface area (Å²) in [5.41, 5.74) is 0. The smallest absolute Gasteiger partial charge is 0.303 e. The fourth-order valence-electron chi connectivity index (χ4n) is 2.11. The van der Waals surface area contributed by atoms with E-state index in [1.54, 1.807) is 4.90 Å². The highest BCUT2D eigenvalue weighted by atomic mass is 32.2. The van der Waals surface area contributed by atoms with Crippen molar-refractivity contribution in [1.29, 1.82) is 0 Å². The molecule has 0 bridgehead atoms. The molecule has 1 rings (SSSR count). The van der Waals surface area contributed by atoms with E-state index in [9.17, 15) is 18.0 Å². The van der Waals surface area contributed by atoms with E-state index in [1.165, 1.54) is 18.4 Å². The van der Waals surface area contributed by atoms with Crippen LogP contribution in [0.1, 0.15) is 25.7 Å². The maximum absolute atomic E-state index is 11.9. The standard InChI is InChI=1S/C12H23N3O5S/c1-13(2)21(19,20)15-9-7-14(8-10-15)11(16)5-3-4-6-12(17)18/h3-10H2,1-2H3,(H,17,18). The van der Waals surface area contributed by atoms with Crippen molar-refractivity contribution in [3.05, 3.63) is 0 Å². The summed E-state index contributed by atoms with van der Waals surface area (Å²) < 4.78 is 26.4. The van der Waals surface area contributed by atoms with Crippen molar-refractivity contribution >= 4 is 22.1 Å². The molecule has 1 amide bonds. The minimum atomic E-state index is -3.42. The fourth-order valence-corrected chi connectivity index (χ4v) is 3.20. The SMILES string of the molecule is CN(C)S(=O)(=O)N1CCN(C(=O)CCCCC(=O)O)CC1. The lowest BCUT2D eigenvalue weighted by Gasteiger charge is -2.35. The second-order valence-corrected chi connectivity index (χ2v) is 7.31. The molecule has 1 aliphatic heterocycles. The largest absolute Gasteiger partial charge is 0.481 e. The minimum absolute atomic E-state index is 0.0395. The summed E-state index contributed by atoms with van der Waals surface area (Å²) in [6.45, 7) is 1.35. The second-order valence-electron chi connectivity index (χ2n) is 5.17. The van der Waals surface area contributed by atoms with Crippen LogP contribution in [-0.2, 0) is 19.8 Å². The molecule has 0 aromatic heterocycles. The van der Waals surface area contributed by atoms with E-state index in [2.05, 4.69) is 0 Å². The molecule has 0 aromatic carbocycles. The van der Waals surface area contributed by atoms with Crippen LogP contribution in [0.2, 0.25) is 0 Å². The van der Waals surface area contributed by atoms with Crippen LogP contribution in [0, 0.1) is 0 Å². The zero-order valence-electron chi connectivity index (χ0n) is 12.5. The Balaban J connectivity index is 2.36. The first-order chi connectivity index (χ1) is 9.75. The number of carboxylic acids is 1. The van der Waals surface area contributed by atoms with Gasteiger partial charge in [-0.1, -0.05) is 0 Å². The molecule has 1 aliphatic rings. The van der Waals surface area contributed by atoms with Gasteiger partial charge in [-0.05, 0) is 12.8 Å². The Kier molecular flexibility index (Phi) is 6.56. The first kappa shape index (κ1) is 17.9. The van der Waals surface area contributed by atoms with Crippen molar-refractivity contribution in [1.82, 2.24) is 13.5 Å². The van der Waals surface area contributed by atoms with Crippen molar-refractivity contribution in [3.8, 4) is 0 Å². The van der Waals surface area contributed by atoms with Crippen LogP contribution in [0.5, 0.6) is 0 Å². The van der Waals surface area contributed by atoms with Gasteiger partial charge in [-0.15, -0.1) is 0 Å². The lowest BCUT2D eigenvalue weighted by atomic mass is 10.1. The maximum Gasteiger partial charge on any atom is 0.303 e. The number of carbonyl (C=O) groups is 2. The van der Waals surface area contributed by atoms with Gasteiger partial charge in [-0.3, -0.25) is 9.59 Å². The topological polar surface area (TPSA) is 98.2 Å². The van der Waals surface area contributed by atoms with E-state index in [1.807, 2.05) is 0 Å². The highest BCUT2D eigenvalue weighted by Crippen LogP contribution is 2.11. The Labute approximate surface area is 125 Å². The lowest BCUT2D eigenvalue weighted by molar-refractivity contribution is -0.137. The number of amides is 1. The van der Waals surface area contributed by atoms with Gasteiger partial charge in [-0.2, -0.15) is 17.0 Å². The molecule has 0 unspecified atom stereocenters. The second kappa shape index (κ2) is 7.71. The Morgan fingerprint density at radius 1 is 1.05 bits per heavy atom. The normalized spacial score (nSPS) is 17.2. The van der Waals surface area contributed by atoms with Gasteiger partial charge in [0.2, 0.25) is 5.91 Å². The summed E-state index contributed by atoms with van der Waals surface area (Å²) in [7, 11) is -0.453. The van der Waals surface area contributed by atoms with Crippen molar-refractivity contribution in [3.63, 3.8) is 0 Å². The van der Waals surface area contributed by atoms with Crippen LogP contribution < -0.4 is 0 Å². The number of piperazine rings is 1. The highest BCUT2D eigenvalue weighted by molar-refractivity contribution is 7.86. The molecule has 21 heavy (non-hydrogen) atoms. The summed E-state index contributed by atoms with van der Waals surface area (Å²) in [5.74, 6) is -0.896. The quantitative estimate of drug-likeness (QED) is 0.642. The van der Waals surface area contributed by atoms with Crippen LogP contribution >= 0.6 is 0 Å². The summed E-state index contributed by atoms with van der Waals surface area (Å²) in [4.78, 5) is 23.9. The third kappa shape index (κ3) is 5.25. The summed E-state index contributed by atoms with van der Waals surface area (Å²) in [5, 5.41) is 8.52. The number of rotatable bonds is 7. The number of carboxylic acid groups (broad SMARTS) is 1. The van der Waals surface area contributed by atoms with Crippen LogP contribution in [-0.4, -0.2) is 79.2 Å². The van der Waals surface area contributed by atoms with Gasteiger partial charge < -0.3 is 10.0 Å². The van der Waals surface area contributed by atoms with Gasteiger partial charge in [0, 0.05) is 53.1 Å². The average molecular weight is 321 g/mol. The molecule has 0 saturated carbocycles. The molecule has 1 saturated heterocycles. The average Bonchev–Trinajstić information content (AvgIpc) is 2.43. The molecule has 1 N–H and O–H groups in total. The molecule has 1 heterocycles. The third-order valence-electron chi connectivity index (χ3n) is 3.41. The molecule has 0 aromatic rings. The monoisotopic (exact) mass is 321 g/mol. The van der Waals surface area contributed by atoms with Crippen LogP contribution in [0.25, 0.3) is 0 Å². The van der Waals surface area contributed by atoms with Gasteiger partial charge in [0.05, 0.1) is 0 Å². The first-order valence-corrected chi connectivity index (χ1v) is 8.32. The van der Waals surface area contributed by atoms with E-state index < -0.39 is 16.2 Å². The number of unbranched alkanes of at least 4 members (excludes halogenated alkanes) is 1. The molecule has 9 heteroatoms. The van der Waals surface area contributed by atoms with Gasteiger partial charge >= 0.3 is 5.97 Å². The maximum atomic E-state index is 11.9. The molecule has 0 atom stereocenters. The zero-order valence-corrected chi connectivity index (χ0v) is 13.3. The Morgan fingerprint density at radius 2 is 1.57 bits per heavy atom. The molecular formula is C12H23N3O5S. The highest BCUT2D eigenvalue weighted by Gasteiger charge is 2.29. The summed E-state index contributed by atoms with van der Waals surface area (Å²) in [6.07, 6.45) is 1.41. The first-order valence-electron chi connectivity index (χ1n) is 6.92. The molecule has 0 radical (unpaired) electrons. The summed E-state index contributed by atoms with van der Waals surface area (Å²) >= 11 is 0. The number of hydrogen-bond acceptors (Lipinski definition) is 4. The predicted molar refractivity (Wildman–Crippen MR) is 76.9 cm³/mol. The molecular weight excluding hydrogens is 298 g/mol. The Morgan fingerprint density at radius 3 is 2.05 bits per heavy atom. The zero-order chi connectivity index (χ0) is 16.0. The van der Waals surface area contributed by atoms with Crippen molar-refractivity contribution < 1.29 is 23.1 Å². The van der Waals surface area contributed by atoms with E-state index in [0.717, 1.165) is 4.31 Å². The molecule has 122 valence electrons. The Hall–Kier alpha value is -1.19. The third-order valence-corrected chi connectivity index (χ3v) is 5.35. The number of carbonyl (C=O) groups excluding carboxylic acids is 1. The number of aliphatic carboxylic acids is 1. The summed E-state index contributed by atoms with van der Waals surface area (Å²) in [6, 6.07) is 0. The van der Waals surface area contributed by atoms with E-state index in [-0.39, 0.29) is 12.3 Å². The number of hydrogen-bond donors (Lipinski definition) is 1. The van der Waals surface area contributed by atoms with E-state index >= 15 is 0 Å². The molecule has 0 aliphatic carbocycles. The predicted octanol–water partition coefficient (Wildman–Crippen LogP) is -0.418. The molecule has 0 spiro atoms. The fraction of sp³-hybridized carbons (Fsp3) is 0.833. The van der Waals surface area contributed by atoms with Crippen molar-refractivity contribution in [2.75, 3.05) is 40.3 Å². The van der Waals surface area contributed by atoms with E-state index in [4.69, 9.17) is 5.11 Å². The van der Waals surface area contributed by atoms with E-state index in [0.29, 0.717) is 45.4 Å². The van der Waals surface area contributed by atoms with Crippen molar-refractivity contribution in [2.45, 2.75) is 25.7 Å². The van der Waals surface area contributed by atoms with Gasteiger partial charge in [0.15, 0.2) is 0 Å². The van der Waals surface area contributed by atoms with Crippen LogP contribution in [0.4, 0.5) is 0 Å².